The molecule has 2 aliphatic carbocycles. The number of benzene rings is 2. The maximum Gasteiger partial charge on any atom is 0.332 e. The van der Waals surface area contributed by atoms with Crippen molar-refractivity contribution in [2.24, 2.45) is 5.73 Å². The SMILES string of the molecule is NC1(C(=O)OCc2ccccc2)CCCCC1.O=C(NC1(C(=O)OCc2ccccc2)CCCCC1)[C@H]1CCCO1. The zero-order valence-electron chi connectivity index (χ0n) is 24.0. The van der Waals surface area contributed by atoms with Gasteiger partial charge < -0.3 is 25.3 Å². The van der Waals surface area contributed by atoms with Crippen molar-refractivity contribution in [1.29, 1.82) is 0 Å². The molecule has 3 fully saturated rings. The van der Waals surface area contributed by atoms with Crippen LogP contribution in [0.4, 0.5) is 0 Å². The summed E-state index contributed by atoms with van der Waals surface area (Å²) in [6.45, 7) is 1.17. The van der Waals surface area contributed by atoms with E-state index in [-0.39, 0.29) is 24.5 Å². The van der Waals surface area contributed by atoms with Crippen molar-refractivity contribution in [1.82, 2.24) is 5.32 Å². The minimum absolute atomic E-state index is 0.175. The van der Waals surface area contributed by atoms with Crippen molar-refractivity contribution in [3.8, 4) is 0 Å². The van der Waals surface area contributed by atoms with Gasteiger partial charge in [0.2, 0.25) is 5.91 Å². The summed E-state index contributed by atoms with van der Waals surface area (Å²) >= 11 is 0. The van der Waals surface area contributed by atoms with Gasteiger partial charge >= 0.3 is 11.9 Å². The Hall–Kier alpha value is -3.23. The van der Waals surface area contributed by atoms with E-state index in [1.807, 2.05) is 60.7 Å². The molecule has 1 saturated heterocycles. The molecule has 0 bridgehead atoms. The van der Waals surface area contributed by atoms with Crippen molar-refractivity contribution >= 4 is 17.8 Å². The summed E-state index contributed by atoms with van der Waals surface area (Å²) in [7, 11) is 0. The van der Waals surface area contributed by atoms with Gasteiger partial charge in [-0.05, 0) is 49.7 Å². The first-order valence-corrected chi connectivity index (χ1v) is 15.1. The summed E-state index contributed by atoms with van der Waals surface area (Å²) < 4.78 is 16.3. The monoisotopic (exact) mass is 564 g/mol. The Morgan fingerprint density at radius 1 is 0.732 bits per heavy atom. The minimum Gasteiger partial charge on any atom is -0.459 e. The van der Waals surface area contributed by atoms with Crippen LogP contribution in [-0.4, -0.2) is 41.6 Å². The molecule has 2 saturated carbocycles. The topological polar surface area (TPSA) is 117 Å². The van der Waals surface area contributed by atoms with Crippen molar-refractivity contribution in [2.75, 3.05) is 6.61 Å². The lowest BCUT2D eigenvalue weighted by Gasteiger charge is -2.36. The minimum atomic E-state index is -0.893. The van der Waals surface area contributed by atoms with Crippen LogP contribution in [0, 0.1) is 0 Å². The third-order valence-electron chi connectivity index (χ3n) is 8.26. The van der Waals surface area contributed by atoms with Gasteiger partial charge in [-0.3, -0.25) is 9.59 Å². The molecule has 0 spiro atoms. The second kappa shape index (κ2) is 15.1. The fourth-order valence-electron chi connectivity index (χ4n) is 5.75. The van der Waals surface area contributed by atoms with E-state index < -0.39 is 17.2 Å². The van der Waals surface area contributed by atoms with Gasteiger partial charge in [-0.2, -0.15) is 0 Å². The molecule has 8 nitrogen and oxygen atoms in total. The van der Waals surface area contributed by atoms with Crippen LogP contribution in [0.3, 0.4) is 0 Å². The lowest BCUT2D eigenvalue weighted by molar-refractivity contribution is -0.158. The van der Waals surface area contributed by atoms with Crippen molar-refractivity contribution in [2.45, 2.75) is 107 Å². The Bertz CT molecular complexity index is 1110. The van der Waals surface area contributed by atoms with Crippen LogP contribution in [0.15, 0.2) is 60.7 Å². The number of ether oxygens (including phenoxy) is 3. The van der Waals surface area contributed by atoms with Gasteiger partial charge in [0.25, 0.3) is 0 Å². The van der Waals surface area contributed by atoms with E-state index in [2.05, 4.69) is 5.32 Å². The third-order valence-corrected chi connectivity index (χ3v) is 8.26. The standard InChI is InChI=1S/C19H25NO4.C14H19NO2/c21-17(16-10-7-13-23-16)20-19(11-5-2-6-12-19)18(22)24-14-15-8-3-1-4-9-15;15-14(9-5-2-6-10-14)13(16)17-11-12-7-3-1-4-8-12/h1,3-4,8-9,16H,2,5-7,10-14H2,(H,20,21);1,3-4,7-8H,2,5-6,9-11,15H2/t16-;/m1./s1. The highest BCUT2D eigenvalue weighted by Crippen LogP contribution is 2.31. The smallest absolute Gasteiger partial charge is 0.332 e. The maximum absolute atomic E-state index is 12.8. The van der Waals surface area contributed by atoms with Gasteiger partial charge in [-0.15, -0.1) is 0 Å². The predicted octanol–water partition coefficient (Wildman–Crippen LogP) is 5.12. The molecule has 2 aromatic carbocycles. The van der Waals surface area contributed by atoms with Crippen LogP contribution in [-0.2, 0) is 41.8 Å². The largest absolute Gasteiger partial charge is 0.459 e. The summed E-state index contributed by atoms with van der Waals surface area (Å²) in [5.41, 5.74) is 6.40. The summed E-state index contributed by atoms with van der Waals surface area (Å²) in [5.74, 6) is -0.746. The molecule has 2 aromatic rings. The number of amides is 1. The average Bonchev–Trinajstić information content (AvgIpc) is 3.56. The van der Waals surface area contributed by atoms with Gasteiger partial charge in [0.05, 0.1) is 0 Å². The molecule has 1 aliphatic heterocycles. The number of carbonyl (C=O) groups is 3. The van der Waals surface area contributed by atoms with Gasteiger partial charge in [0.15, 0.2) is 0 Å². The Kier molecular flexibility index (Phi) is 11.3. The molecule has 222 valence electrons. The van der Waals surface area contributed by atoms with Crippen LogP contribution in [0.25, 0.3) is 0 Å². The zero-order valence-corrected chi connectivity index (χ0v) is 24.0. The Morgan fingerprint density at radius 2 is 1.24 bits per heavy atom. The van der Waals surface area contributed by atoms with E-state index in [4.69, 9.17) is 19.9 Å². The van der Waals surface area contributed by atoms with Crippen LogP contribution >= 0.6 is 0 Å². The van der Waals surface area contributed by atoms with Crippen molar-refractivity contribution in [3.05, 3.63) is 71.8 Å². The number of rotatable bonds is 8. The number of hydrogen-bond acceptors (Lipinski definition) is 7. The predicted molar refractivity (Wildman–Crippen MR) is 155 cm³/mol. The number of esters is 2. The van der Waals surface area contributed by atoms with Crippen LogP contribution in [0.2, 0.25) is 0 Å². The molecule has 3 N–H and O–H groups in total. The Morgan fingerprint density at radius 3 is 1.76 bits per heavy atom. The summed E-state index contributed by atoms with van der Waals surface area (Å²) in [6.07, 6.45) is 10.1. The van der Waals surface area contributed by atoms with Crippen LogP contribution in [0.5, 0.6) is 0 Å². The van der Waals surface area contributed by atoms with Gasteiger partial charge in [-0.1, -0.05) is 99.2 Å². The quantitative estimate of drug-likeness (QED) is 0.428. The van der Waals surface area contributed by atoms with Gasteiger partial charge in [0, 0.05) is 6.61 Å². The second-order valence-electron chi connectivity index (χ2n) is 11.5. The fourth-order valence-corrected chi connectivity index (χ4v) is 5.75. The average molecular weight is 565 g/mol. The zero-order chi connectivity index (χ0) is 29.0. The van der Waals surface area contributed by atoms with Crippen LogP contribution < -0.4 is 11.1 Å². The number of nitrogens with one attached hydrogen (secondary N) is 1. The molecule has 41 heavy (non-hydrogen) atoms. The number of carbonyl (C=O) groups excluding carboxylic acids is 3. The molecule has 1 amide bonds. The lowest BCUT2D eigenvalue weighted by atomic mass is 9.81. The molecule has 3 aliphatic rings. The Balaban J connectivity index is 0.000000201. The van der Waals surface area contributed by atoms with Crippen LogP contribution in [0.1, 0.15) is 88.2 Å². The van der Waals surface area contributed by atoms with E-state index in [1.165, 1.54) is 6.42 Å². The first-order valence-electron chi connectivity index (χ1n) is 15.1. The van der Waals surface area contributed by atoms with Gasteiger partial charge in [-0.25, -0.2) is 4.79 Å². The molecule has 5 rings (SSSR count). The molecule has 1 atom stereocenters. The first-order chi connectivity index (χ1) is 19.9. The third kappa shape index (κ3) is 8.88. The van der Waals surface area contributed by atoms with E-state index in [0.29, 0.717) is 26.1 Å². The normalized spacial score (nSPS) is 21.0. The molecule has 0 radical (unpaired) electrons. The second-order valence-corrected chi connectivity index (χ2v) is 11.5. The highest BCUT2D eigenvalue weighted by atomic mass is 16.5. The Labute approximate surface area is 243 Å². The van der Waals surface area contributed by atoms with E-state index in [9.17, 15) is 14.4 Å². The van der Waals surface area contributed by atoms with Crippen molar-refractivity contribution < 1.29 is 28.6 Å². The summed E-state index contributed by atoms with van der Waals surface area (Å²) in [4.78, 5) is 37.2. The molecule has 8 heteroatoms. The molecule has 1 heterocycles. The molecule has 0 aromatic heterocycles. The van der Waals surface area contributed by atoms with Gasteiger partial charge in [0.1, 0.15) is 30.4 Å². The number of hydrogen-bond donors (Lipinski definition) is 2. The summed E-state index contributed by atoms with van der Waals surface area (Å²) in [5, 5.41) is 2.97. The van der Waals surface area contributed by atoms with Crippen molar-refractivity contribution in [3.63, 3.8) is 0 Å². The molecular formula is C33H44N2O6. The highest BCUT2D eigenvalue weighted by Gasteiger charge is 2.44. The summed E-state index contributed by atoms with van der Waals surface area (Å²) in [6, 6.07) is 19.3. The maximum atomic E-state index is 12.8. The first kappa shape index (κ1) is 30.7. The van der Waals surface area contributed by atoms with E-state index in [1.54, 1.807) is 0 Å². The van der Waals surface area contributed by atoms with E-state index in [0.717, 1.165) is 68.9 Å². The molecule has 0 unspecified atom stereocenters. The fraction of sp³-hybridized carbons (Fsp3) is 0.545. The van der Waals surface area contributed by atoms with E-state index >= 15 is 0 Å². The highest BCUT2D eigenvalue weighted by molar-refractivity contribution is 5.90. The number of nitrogens with two attached hydrogens (primary N) is 1. The molecular weight excluding hydrogens is 520 g/mol. The lowest BCUT2D eigenvalue weighted by Crippen LogP contribution is -2.58.